The maximum Gasteiger partial charge on any atom is 0.416 e. The monoisotopic (exact) mass is 335 g/mol. The smallest absolute Gasteiger partial charge is 0.326 e. The Balaban J connectivity index is 1.78. The lowest BCUT2D eigenvalue weighted by atomic mass is 10.1. The molecule has 3 nitrogen and oxygen atoms in total. The zero-order chi connectivity index (χ0) is 17.6. The van der Waals surface area contributed by atoms with Crippen molar-refractivity contribution in [3.63, 3.8) is 0 Å². The summed E-state index contributed by atoms with van der Waals surface area (Å²) in [5.41, 5.74) is 0.122. The van der Waals surface area contributed by atoms with Gasteiger partial charge in [-0.2, -0.15) is 13.2 Å². The van der Waals surface area contributed by atoms with Crippen molar-refractivity contribution in [2.75, 3.05) is 5.32 Å². The molecule has 126 valence electrons. The molecule has 0 aliphatic rings. The van der Waals surface area contributed by atoms with Crippen molar-refractivity contribution in [1.82, 2.24) is 0 Å². The lowest BCUT2D eigenvalue weighted by Crippen LogP contribution is -2.12. The molecule has 0 aromatic heterocycles. The van der Waals surface area contributed by atoms with Crippen LogP contribution in [0.15, 0.2) is 54.6 Å². The molecule has 0 fully saturated rings. The number of halogens is 3. The number of rotatable bonds is 6. The van der Waals surface area contributed by atoms with E-state index in [9.17, 15) is 22.8 Å². The van der Waals surface area contributed by atoms with E-state index in [1.54, 1.807) is 24.3 Å². The average Bonchev–Trinajstić information content (AvgIpc) is 2.55. The van der Waals surface area contributed by atoms with E-state index in [4.69, 9.17) is 0 Å². The highest BCUT2D eigenvalue weighted by Gasteiger charge is 2.29. The quantitative estimate of drug-likeness (QED) is 0.778. The molecule has 2 aromatic rings. The van der Waals surface area contributed by atoms with Gasteiger partial charge in [0.1, 0.15) is 0 Å². The van der Waals surface area contributed by atoms with Gasteiger partial charge in [-0.05, 0) is 30.7 Å². The fourth-order valence-corrected chi connectivity index (χ4v) is 2.14. The summed E-state index contributed by atoms with van der Waals surface area (Å²) in [6.07, 6.45) is -3.66. The van der Waals surface area contributed by atoms with Crippen LogP contribution in [-0.2, 0) is 11.0 Å². The topological polar surface area (TPSA) is 46.2 Å². The summed E-state index contributed by atoms with van der Waals surface area (Å²) in [7, 11) is 0. The van der Waals surface area contributed by atoms with Gasteiger partial charge in [0.2, 0.25) is 5.91 Å². The summed E-state index contributed by atoms with van der Waals surface area (Å²) in [6.45, 7) is 0. The molecule has 1 amide bonds. The number of hydrogen-bond acceptors (Lipinski definition) is 2. The van der Waals surface area contributed by atoms with Gasteiger partial charge in [-0.25, -0.2) is 0 Å². The molecule has 0 unspecified atom stereocenters. The summed E-state index contributed by atoms with van der Waals surface area (Å²) in [5, 5.41) is 2.52. The molecular formula is C18H16F3NO2. The highest BCUT2D eigenvalue weighted by molar-refractivity contribution is 5.96. The van der Waals surface area contributed by atoms with Gasteiger partial charge < -0.3 is 5.32 Å². The number of Topliss-reactive ketones (excluding diaryl/α,β-unsaturated/α-hetero) is 1. The van der Waals surface area contributed by atoms with Gasteiger partial charge in [0.05, 0.1) is 5.56 Å². The SMILES string of the molecule is O=C(CCCC(=O)c1ccccc1)Nc1ccc(C(F)(F)F)cc1. The molecule has 0 saturated heterocycles. The highest BCUT2D eigenvalue weighted by atomic mass is 19.4. The molecule has 6 heteroatoms. The van der Waals surface area contributed by atoms with Crippen LogP contribution in [0.1, 0.15) is 35.2 Å². The van der Waals surface area contributed by atoms with Crippen molar-refractivity contribution in [3.05, 3.63) is 65.7 Å². The maximum atomic E-state index is 12.4. The van der Waals surface area contributed by atoms with Gasteiger partial charge in [-0.1, -0.05) is 30.3 Å². The van der Waals surface area contributed by atoms with Crippen LogP contribution in [0.3, 0.4) is 0 Å². The van der Waals surface area contributed by atoms with Crippen LogP contribution in [0.2, 0.25) is 0 Å². The Hall–Kier alpha value is -2.63. The number of hydrogen-bond donors (Lipinski definition) is 1. The lowest BCUT2D eigenvalue weighted by molar-refractivity contribution is -0.137. The molecule has 0 aliphatic heterocycles. The first-order valence-corrected chi connectivity index (χ1v) is 7.41. The third kappa shape index (κ3) is 5.22. The molecule has 0 atom stereocenters. The molecule has 0 bridgehead atoms. The van der Waals surface area contributed by atoms with Crippen LogP contribution in [-0.4, -0.2) is 11.7 Å². The fraction of sp³-hybridized carbons (Fsp3) is 0.222. The molecule has 0 radical (unpaired) electrons. The minimum absolute atomic E-state index is 0.0436. The summed E-state index contributed by atoms with van der Waals surface area (Å²) >= 11 is 0. The Morgan fingerprint density at radius 1 is 0.875 bits per heavy atom. The molecule has 24 heavy (non-hydrogen) atoms. The lowest BCUT2D eigenvalue weighted by Gasteiger charge is -2.08. The number of carbonyl (C=O) groups is 2. The maximum absolute atomic E-state index is 12.4. The Labute approximate surface area is 137 Å². The van der Waals surface area contributed by atoms with Gasteiger partial charge in [0.25, 0.3) is 0 Å². The van der Waals surface area contributed by atoms with Crippen molar-refractivity contribution in [3.8, 4) is 0 Å². The fourth-order valence-electron chi connectivity index (χ4n) is 2.14. The molecule has 0 heterocycles. The Morgan fingerprint density at radius 3 is 2.08 bits per heavy atom. The zero-order valence-corrected chi connectivity index (χ0v) is 12.8. The van der Waals surface area contributed by atoms with Crippen LogP contribution in [0.25, 0.3) is 0 Å². The molecule has 2 aromatic carbocycles. The number of nitrogens with one attached hydrogen (secondary N) is 1. The van der Waals surface area contributed by atoms with Crippen molar-refractivity contribution in [2.24, 2.45) is 0 Å². The number of alkyl halides is 3. The third-order valence-electron chi connectivity index (χ3n) is 3.40. The minimum Gasteiger partial charge on any atom is -0.326 e. The summed E-state index contributed by atoms with van der Waals surface area (Å²) in [6, 6.07) is 13.0. The number of ketones is 1. The van der Waals surface area contributed by atoms with E-state index in [1.165, 1.54) is 12.1 Å². The molecule has 0 spiro atoms. The van der Waals surface area contributed by atoms with E-state index in [0.29, 0.717) is 17.7 Å². The largest absolute Gasteiger partial charge is 0.416 e. The molecule has 0 saturated carbocycles. The zero-order valence-electron chi connectivity index (χ0n) is 12.8. The first-order chi connectivity index (χ1) is 11.4. The van der Waals surface area contributed by atoms with Crippen molar-refractivity contribution in [2.45, 2.75) is 25.4 Å². The van der Waals surface area contributed by atoms with E-state index < -0.39 is 11.7 Å². The Morgan fingerprint density at radius 2 is 1.50 bits per heavy atom. The van der Waals surface area contributed by atoms with E-state index >= 15 is 0 Å². The average molecular weight is 335 g/mol. The summed E-state index contributed by atoms with van der Waals surface area (Å²) in [5.74, 6) is -0.381. The van der Waals surface area contributed by atoms with Crippen LogP contribution in [0.4, 0.5) is 18.9 Å². The van der Waals surface area contributed by atoms with Crippen LogP contribution >= 0.6 is 0 Å². The second kappa shape index (κ2) is 7.77. The van der Waals surface area contributed by atoms with E-state index in [-0.39, 0.29) is 24.5 Å². The molecule has 0 aliphatic carbocycles. The van der Waals surface area contributed by atoms with Crippen molar-refractivity contribution < 1.29 is 22.8 Å². The number of benzene rings is 2. The van der Waals surface area contributed by atoms with Gasteiger partial charge in [0.15, 0.2) is 5.78 Å². The van der Waals surface area contributed by atoms with E-state index in [0.717, 1.165) is 12.1 Å². The van der Waals surface area contributed by atoms with E-state index in [1.807, 2.05) is 6.07 Å². The Kier molecular flexibility index (Phi) is 5.73. The molecule has 1 N–H and O–H groups in total. The predicted molar refractivity (Wildman–Crippen MR) is 84.7 cm³/mol. The second-order valence-electron chi connectivity index (χ2n) is 5.27. The number of amides is 1. The van der Waals surface area contributed by atoms with Gasteiger partial charge in [0, 0.05) is 24.1 Å². The first-order valence-electron chi connectivity index (χ1n) is 7.41. The summed E-state index contributed by atoms with van der Waals surface area (Å²) < 4.78 is 37.3. The first kappa shape index (κ1) is 17.7. The molecular weight excluding hydrogens is 319 g/mol. The minimum atomic E-state index is -4.40. The van der Waals surface area contributed by atoms with E-state index in [2.05, 4.69) is 5.32 Å². The van der Waals surface area contributed by atoms with Crippen molar-refractivity contribution >= 4 is 17.4 Å². The van der Waals surface area contributed by atoms with Gasteiger partial charge in [-0.15, -0.1) is 0 Å². The van der Waals surface area contributed by atoms with Crippen LogP contribution < -0.4 is 5.32 Å². The predicted octanol–water partition coefficient (Wildman–Crippen LogP) is 4.70. The van der Waals surface area contributed by atoms with Crippen LogP contribution in [0.5, 0.6) is 0 Å². The van der Waals surface area contributed by atoms with Crippen LogP contribution in [0, 0.1) is 0 Å². The number of anilines is 1. The normalized spacial score (nSPS) is 11.1. The third-order valence-corrected chi connectivity index (χ3v) is 3.40. The highest BCUT2D eigenvalue weighted by Crippen LogP contribution is 2.29. The standard InChI is InChI=1S/C18H16F3NO2/c19-18(20,21)14-9-11-15(12-10-14)22-17(24)8-4-7-16(23)13-5-2-1-3-6-13/h1-3,5-6,9-12H,4,7-8H2,(H,22,24). The summed E-state index contributed by atoms with van der Waals surface area (Å²) in [4.78, 5) is 23.6. The van der Waals surface area contributed by atoms with Gasteiger partial charge >= 0.3 is 6.18 Å². The Bertz CT molecular complexity index is 694. The number of carbonyl (C=O) groups excluding carboxylic acids is 2. The molecule has 2 rings (SSSR count). The van der Waals surface area contributed by atoms with Gasteiger partial charge in [-0.3, -0.25) is 9.59 Å². The van der Waals surface area contributed by atoms with Crippen molar-refractivity contribution in [1.29, 1.82) is 0 Å². The second-order valence-corrected chi connectivity index (χ2v) is 5.27.